The van der Waals surface area contributed by atoms with Crippen molar-refractivity contribution in [2.24, 2.45) is 0 Å². The van der Waals surface area contributed by atoms with Crippen molar-refractivity contribution in [1.29, 1.82) is 0 Å². The van der Waals surface area contributed by atoms with E-state index in [2.05, 4.69) is 39.8 Å². The van der Waals surface area contributed by atoms with Crippen LogP contribution in [0.15, 0.2) is 12.2 Å². The van der Waals surface area contributed by atoms with Crippen LogP contribution in [0.25, 0.3) is 0 Å². The van der Waals surface area contributed by atoms with E-state index in [1.807, 2.05) is 0 Å². The number of unbranched alkanes of at least 4 members (excludes halogenated alkanes) is 4. The molecule has 162 valence electrons. The molecule has 2 heteroatoms. The maximum atomic E-state index is 2.89. The maximum absolute atomic E-state index is 2.89. The van der Waals surface area contributed by atoms with Gasteiger partial charge < -0.3 is 0 Å². The molecule has 28 heavy (non-hydrogen) atoms. The van der Waals surface area contributed by atoms with Crippen LogP contribution >= 0.6 is 0 Å². The van der Waals surface area contributed by atoms with Crippen molar-refractivity contribution in [3.05, 3.63) is 12.2 Å². The van der Waals surface area contributed by atoms with E-state index < -0.39 is 18.4 Å². The monoisotopic (exact) mass is 494 g/mol. The van der Waals surface area contributed by atoms with Crippen molar-refractivity contribution >= 4 is 25.1 Å². The van der Waals surface area contributed by atoms with Gasteiger partial charge in [0, 0.05) is 0 Å². The molecule has 2 bridgehead atoms. The zero-order valence-corrected chi connectivity index (χ0v) is 22.8. The Balaban J connectivity index is 2.39. The molecule has 2 fully saturated rings. The van der Waals surface area contributed by atoms with Gasteiger partial charge in [-0.2, -0.15) is 0 Å². The Morgan fingerprint density at radius 2 is 1.21 bits per heavy atom. The molecule has 2 saturated heterocycles. The van der Waals surface area contributed by atoms with E-state index in [9.17, 15) is 0 Å². The standard InChI is InChI=1S/C14H24B.3C4H9.Sn/c1-2-3-4-5-12-15-13-8-6-9-14(15)11-7-10-13;3*1-3-4-2;/h4-5,12-14H,2-3,6-11H2,1H3;3*1,3-4H2,2H3;/b5-4+;;;;. The van der Waals surface area contributed by atoms with Crippen LogP contribution < -0.4 is 0 Å². The van der Waals surface area contributed by atoms with Gasteiger partial charge in [0.05, 0.1) is 0 Å². The Morgan fingerprint density at radius 3 is 1.61 bits per heavy atom. The van der Waals surface area contributed by atoms with E-state index in [1.165, 1.54) is 51.4 Å². The molecule has 0 aromatic carbocycles. The molecule has 0 spiro atoms. The van der Waals surface area contributed by atoms with Crippen molar-refractivity contribution < 1.29 is 0 Å². The summed E-state index contributed by atoms with van der Waals surface area (Å²) in [5, 5.41) is 0. The number of hydrogen-bond donors (Lipinski definition) is 0. The molecule has 0 amide bonds. The molecular weight excluding hydrogens is 442 g/mol. The molecule has 0 aromatic rings. The molecule has 0 N–H and O–H groups in total. The number of rotatable bonds is 14. The molecule has 2 aliphatic rings. The quantitative estimate of drug-likeness (QED) is 0.167. The Labute approximate surface area is 183 Å². The molecule has 0 aliphatic carbocycles. The predicted molar refractivity (Wildman–Crippen MR) is 134 cm³/mol. The average molecular weight is 493 g/mol. The fourth-order valence-electron chi connectivity index (χ4n) is 6.93. The minimum absolute atomic E-state index is 1.07. The normalized spacial score (nSPS) is 24.1. The van der Waals surface area contributed by atoms with E-state index in [1.54, 1.807) is 51.8 Å². The fourth-order valence-corrected chi connectivity index (χ4v) is 26.4. The van der Waals surface area contributed by atoms with Crippen LogP contribution in [0.5, 0.6) is 0 Å². The topological polar surface area (TPSA) is 0 Å². The third-order valence-electron chi connectivity index (χ3n) is 8.39. The van der Waals surface area contributed by atoms with Crippen LogP contribution in [0, 0.1) is 0 Å². The SMILES string of the molecule is CCC/C=C/[CH](B1C2CCCC1CCC2)[Sn]([CH2]CCC)([CH2]CCC)[CH2]CCC. The first kappa shape index (κ1) is 24.9. The van der Waals surface area contributed by atoms with Gasteiger partial charge in [-0.1, -0.05) is 0 Å². The molecule has 2 heterocycles. The van der Waals surface area contributed by atoms with E-state index in [4.69, 9.17) is 0 Å². The zero-order valence-electron chi connectivity index (χ0n) is 20.0. The third kappa shape index (κ3) is 6.81. The predicted octanol–water partition coefficient (Wildman–Crippen LogP) is 9.70. The second kappa shape index (κ2) is 13.8. The second-order valence-electron chi connectivity index (χ2n) is 10.4. The summed E-state index contributed by atoms with van der Waals surface area (Å²) in [4.78, 5) is 0. The summed E-state index contributed by atoms with van der Waals surface area (Å²) in [5.41, 5.74) is 0. The van der Waals surface area contributed by atoms with Crippen molar-refractivity contribution in [3.8, 4) is 0 Å². The second-order valence-corrected chi connectivity index (χ2v) is 24.3. The average Bonchev–Trinajstić information content (AvgIpc) is 2.71. The first-order chi connectivity index (χ1) is 13.7. The molecule has 1 unspecified atom stereocenters. The molecule has 0 saturated carbocycles. The van der Waals surface area contributed by atoms with Gasteiger partial charge in [-0.3, -0.25) is 0 Å². The number of hydrogen-bond acceptors (Lipinski definition) is 0. The van der Waals surface area contributed by atoms with Crippen LogP contribution in [0.3, 0.4) is 0 Å². The summed E-state index contributed by atoms with van der Waals surface area (Å²) in [7, 11) is 0. The van der Waals surface area contributed by atoms with Gasteiger partial charge in [-0.25, -0.2) is 0 Å². The third-order valence-corrected chi connectivity index (χ3v) is 25.6. The summed E-state index contributed by atoms with van der Waals surface area (Å²) >= 11 is -2.23. The van der Waals surface area contributed by atoms with Gasteiger partial charge in [0.2, 0.25) is 0 Å². The summed E-state index contributed by atoms with van der Waals surface area (Å²) in [6.07, 6.45) is 26.4. The fraction of sp³-hybridized carbons (Fsp3) is 0.923. The van der Waals surface area contributed by atoms with E-state index in [-0.39, 0.29) is 0 Å². The summed E-state index contributed by atoms with van der Waals surface area (Å²) < 4.78 is 6.16. The van der Waals surface area contributed by atoms with Crippen molar-refractivity contribution in [3.63, 3.8) is 0 Å². The number of fused-ring (bicyclic) bond motifs is 2. The Morgan fingerprint density at radius 1 is 0.750 bits per heavy atom. The van der Waals surface area contributed by atoms with Crippen molar-refractivity contribution in [1.82, 2.24) is 0 Å². The van der Waals surface area contributed by atoms with Gasteiger partial charge in [-0.15, -0.1) is 0 Å². The molecular formula is C26H51BSn. The van der Waals surface area contributed by atoms with Crippen LogP contribution in [0.2, 0.25) is 28.8 Å². The van der Waals surface area contributed by atoms with E-state index in [0.29, 0.717) is 0 Å². The van der Waals surface area contributed by atoms with Gasteiger partial charge in [0.15, 0.2) is 0 Å². The van der Waals surface area contributed by atoms with Gasteiger partial charge in [0.1, 0.15) is 0 Å². The van der Waals surface area contributed by atoms with Crippen LogP contribution in [0.4, 0.5) is 0 Å². The van der Waals surface area contributed by atoms with Gasteiger partial charge in [-0.05, 0) is 0 Å². The van der Waals surface area contributed by atoms with E-state index in [0.717, 1.165) is 22.2 Å². The zero-order chi connectivity index (χ0) is 20.2. The minimum atomic E-state index is -2.23. The van der Waals surface area contributed by atoms with Crippen molar-refractivity contribution in [2.45, 2.75) is 146 Å². The first-order valence-electron chi connectivity index (χ1n) is 13.4. The van der Waals surface area contributed by atoms with Crippen molar-refractivity contribution in [2.75, 3.05) is 0 Å². The summed E-state index contributed by atoms with van der Waals surface area (Å²) in [6, 6.07) is 0. The van der Waals surface area contributed by atoms with Crippen LogP contribution in [-0.2, 0) is 0 Å². The van der Waals surface area contributed by atoms with Gasteiger partial charge >= 0.3 is 184 Å². The summed E-state index contributed by atoms with van der Waals surface area (Å²) in [5.74, 6) is 2.18. The van der Waals surface area contributed by atoms with E-state index >= 15 is 0 Å². The molecule has 0 aromatic heterocycles. The molecule has 2 aliphatic heterocycles. The van der Waals surface area contributed by atoms with Crippen LogP contribution in [0.1, 0.15) is 118 Å². The Kier molecular flexibility index (Phi) is 12.3. The molecule has 1 atom stereocenters. The van der Waals surface area contributed by atoms with Crippen LogP contribution in [-0.4, -0.2) is 25.1 Å². The molecule has 0 radical (unpaired) electrons. The summed E-state index contributed by atoms with van der Waals surface area (Å²) in [6.45, 7) is 10.8. The number of allylic oxidation sites excluding steroid dienone is 2. The first-order valence-corrected chi connectivity index (χ1v) is 21.1. The molecule has 0 nitrogen and oxygen atoms in total. The molecule has 2 rings (SSSR count). The Hall–Kier alpha value is 0.604. The van der Waals surface area contributed by atoms with Gasteiger partial charge in [0.25, 0.3) is 0 Å². The Bertz CT molecular complexity index is 388.